The summed E-state index contributed by atoms with van der Waals surface area (Å²) in [6.45, 7) is 0. The molecule has 3 heterocycles. The molecule has 7 aromatic carbocycles. The van der Waals surface area contributed by atoms with E-state index in [0.29, 0.717) is 5.82 Å². The van der Waals surface area contributed by atoms with Gasteiger partial charge in [-0.05, 0) is 124 Å². The first-order valence-electron chi connectivity index (χ1n) is 22.8. The van der Waals surface area contributed by atoms with Crippen molar-refractivity contribution in [2.75, 3.05) is 0 Å². The highest BCUT2D eigenvalue weighted by Gasteiger charge is 2.49. The van der Waals surface area contributed by atoms with Gasteiger partial charge in [0.15, 0.2) is 5.82 Å². The molecule has 3 nitrogen and oxygen atoms in total. The number of benzene rings is 7. The smallest absolute Gasteiger partial charge is 0.165 e. The average molecular weight is 817 g/mol. The molecule has 0 atom stereocenters. The summed E-state index contributed by atoms with van der Waals surface area (Å²) in [7, 11) is 0. The van der Waals surface area contributed by atoms with Crippen LogP contribution in [0.3, 0.4) is 0 Å². The van der Waals surface area contributed by atoms with Crippen molar-refractivity contribution in [2.45, 2.75) is 75.0 Å². The van der Waals surface area contributed by atoms with Gasteiger partial charge in [0.2, 0.25) is 0 Å². The Labute approximate surface area is 365 Å². The fourth-order valence-corrected chi connectivity index (χ4v) is 13.8. The molecule has 298 valence electrons. The molecule has 4 heteroatoms. The van der Waals surface area contributed by atoms with Crippen molar-refractivity contribution in [1.29, 1.82) is 0 Å². The predicted molar refractivity (Wildman–Crippen MR) is 257 cm³/mol. The third-order valence-electron chi connectivity index (χ3n) is 15.5. The topological polar surface area (TPSA) is 38.9 Å². The Morgan fingerprint density at radius 2 is 1.06 bits per heavy atom. The number of furan rings is 1. The van der Waals surface area contributed by atoms with Crippen molar-refractivity contribution in [3.05, 3.63) is 168 Å². The molecule has 2 fully saturated rings. The summed E-state index contributed by atoms with van der Waals surface area (Å²) in [6.07, 6.45) is 12.9. The molecular formula is C58H44N2OS. The monoisotopic (exact) mass is 816 g/mol. The van der Waals surface area contributed by atoms with Crippen LogP contribution in [-0.2, 0) is 10.8 Å². The van der Waals surface area contributed by atoms with Crippen molar-refractivity contribution < 1.29 is 4.42 Å². The van der Waals surface area contributed by atoms with E-state index in [1.54, 1.807) is 33.6 Å². The summed E-state index contributed by atoms with van der Waals surface area (Å²) in [6, 6.07) is 54.5. The number of aromatic nitrogens is 2. The molecule has 4 aliphatic carbocycles. The van der Waals surface area contributed by atoms with Crippen LogP contribution in [0.1, 0.15) is 86.5 Å². The van der Waals surface area contributed by atoms with Gasteiger partial charge in [0.25, 0.3) is 0 Å². The normalized spacial score (nSPS) is 17.0. The molecule has 0 unspecified atom stereocenters. The van der Waals surface area contributed by atoms with E-state index in [9.17, 15) is 0 Å². The van der Waals surface area contributed by atoms with E-state index < -0.39 is 0 Å². The Kier molecular flexibility index (Phi) is 7.44. The summed E-state index contributed by atoms with van der Waals surface area (Å²) in [5, 5.41) is 4.50. The van der Waals surface area contributed by atoms with Crippen molar-refractivity contribution in [3.63, 3.8) is 0 Å². The quantitative estimate of drug-likeness (QED) is 0.178. The molecule has 10 aromatic rings. The van der Waals surface area contributed by atoms with Crippen LogP contribution in [0.25, 0.3) is 98.3 Å². The number of hydrogen-bond acceptors (Lipinski definition) is 4. The third kappa shape index (κ3) is 4.82. The number of thiophene rings is 1. The summed E-state index contributed by atoms with van der Waals surface area (Å²) < 4.78 is 8.00. The van der Waals surface area contributed by atoms with E-state index in [0.717, 1.165) is 49.0 Å². The van der Waals surface area contributed by atoms with Crippen LogP contribution < -0.4 is 0 Å². The highest BCUT2D eigenvalue weighted by molar-refractivity contribution is 7.25. The summed E-state index contributed by atoms with van der Waals surface area (Å²) >= 11 is 1.73. The Morgan fingerprint density at radius 3 is 1.87 bits per heavy atom. The van der Waals surface area contributed by atoms with Gasteiger partial charge < -0.3 is 4.42 Å². The van der Waals surface area contributed by atoms with Crippen molar-refractivity contribution in [2.24, 2.45) is 0 Å². The minimum Gasteiger partial charge on any atom is -0.455 e. The highest BCUT2D eigenvalue weighted by Crippen LogP contribution is 2.62. The van der Waals surface area contributed by atoms with Gasteiger partial charge in [-0.3, -0.25) is 0 Å². The van der Waals surface area contributed by atoms with Crippen molar-refractivity contribution >= 4 is 53.6 Å². The van der Waals surface area contributed by atoms with Gasteiger partial charge in [-0.25, -0.2) is 9.97 Å². The summed E-state index contributed by atoms with van der Waals surface area (Å²) in [5.74, 6) is 0.686. The molecule has 0 saturated heterocycles. The lowest BCUT2D eigenvalue weighted by Crippen LogP contribution is -2.29. The largest absolute Gasteiger partial charge is 0.455 e. The second-order valence-corrected chi connectivity index (χ2v) is 19.6. The SMILES string of the molecule is c1ccc(-c2nc(-c3cccc4c3oc3ccc(-c5ccc6c(c5)-c5cc7c(cc5C65CCCCC5)-c5ccccc5C75CCCCC5)cc34)nc3sc4ccccc4c23)cc1. The lowest BCUT2D eigenvalue weighted by Gasteiger charge is -2.37. The van der Waals surface area contributed by atoms with E-state index in [4.69, 9.17) is 14.4 Å². The van der Waals surface area contributed by atoms with Crippen LogP contribution in [0.5, 0.6) is 0 Å². The van der Waals surface area contributed by atoms with E-state index in [2.05, 4.69) is 146 Å². The standard InChI is InChI=1S/C58H44N2OS/c1-4-15-35(16-5-1)53-52-40-18-7-9-22-51(40)62-56(52)60-55(59-53)41-20-14-19-39-45-32-37(24-26-50(45)61-54(39)41)36-23-25-47-42(31-36)44-34-48-43(33-49(44)58(47)29-12-3-13-30-58)38-17-6-8-21-46(38)57(48)27-10-2-11-28-57/h1,4-9,14-26,31-34H,2-3,10-13,27-30H2. The van der Waals surface area contributed by atoms with E-state index in [1.807, 2.05) is 0 Å². The predicted octanol–water partition coefficient (Wildman–Crippen LogP) is 16.2. The molecule has 62 heavy (non-hydrogen) atoms. The minimum absolute atomic E-state index is 0.0934. The Morgan fingerprint density at radius 1 is 0.435 bits per heavy atom. The minimum atomic E-state index is 0.0934. The second-order valence-electron chi connectivity index (χ2n) is 18.6. The maximum Gasteiger partial charge on any atom is 0.165 e. The second kappa shape index (κ2) is 13.1. The Bertz CT molecular complexity index is 3490. The number of hydrogen-bond donors (Lipinski definition) is 0. The Hall–Kier alpha value is -6.36. The molecule has 2 spiro atoms. The first-order valence-corrected chi connectivity index (χ1v) is 23.6. The fourth-order valence-electron chi connectivity index (χ4n) is 12.7. The molecule has 0 bridgehead atoms. The molecule has 14 rings (SSSR count). The molecular weight excluding hydrogens is 773 g/mol. The van der Waals surface area contributed by atoms with Crippen LogP contribution in [0.4, 0.5) is 0 Å². The van der Waals surface area contributed by atoms with E-state index >= 15 is 0 Å². The lowest BCUT2D eigenvalue weighted by atomic mass is 9.66. The van der Waals surface area contributed by atoms with E-state index in [-0.39, 0.29) is 10.8 Å². The van der Waals surface area contributed by atoms with Gasteiger partial charge in [-0.1, -0.05) is 142 Å². The van der Waals surface area contributed by atoms with Gasteiger partial charge in [-0.15, -0.1) is 11.3 Å². The lowest BCUT2D eigenvalue weighted by molar-refractivity contribution is 0.350. The average Bonchev–Trinajstić information content (AvgIpc) is 4.05. The van der Waals surface area contributed by atoms with Crippen molar-refractivity contribution in [1.82, 2.24) is 9.97 Å². The third-order valence-corrected chi connectivity index (χ3v) is 16.6. The van der Waals surface area contributed by atoms with Gasteiger partial charge in [-0.2, -0.15) is 0 Å². The highest BCUT2D eigenvalue weighted by atomic mass is 32.1. The van der Waals surface area contributed by atoms with Gasteiger partial charge in [0, 0.05) is 42.6 Å². The maximum absolute atomic E-state index is 6.79. The first-order chi connectivity index (χ1) is 30.7. The van der Waals surface area contributed by atoms with Crippen LogP contribution >= 0.6 is 11.3 Å². The van der Waals surface area contributed by atoms with Crippen LogP contribution in [-0.4, -0.2) is 9.97 Å². The molecule has 4 aliphatic rings. The van der Waals surface area contributed by atoms with Gasteiger partial charge >= 0.3 is 0 Å². The molecule has 3 aromatic heterocycles. The van der Waals surface area contributed by atoms with Crippen molar-refractivity contribution in [3.8, 4) is 56.0 Å². The summed E-state index contributed by atoms with van der Waals surface area (Å²) in [5.41, 5.74) is 19.6. The maximum atomic E-state index is 6.79. The van der Waals surface area contributed by atoms with Crippen LogP contribution in [0, 0.1) is 0 Å². The zero-order valence-electron chi connectivity index (χ0n) is 34.6. The number of para-hydroxylation sites is 1. The van der Waals surface area contributed by atoms with Gasteiger partial charge in [0.1, 0.15) is 16.0 Å². The number of rotatable bonds is 3. The zero-order chi connectivity index (χ0) is 40.6. The molecule has 0 aliphatic heterocycles. The fraction of sp³-hybridized carbons (Fsp3) is 0.207. The number of nitrogens with zero attached hydrogens (tertiary/aromatic N) is 2. The summed E-state index contributed by atoms with van der Waals surface area (Å²) in [4.78, 5) is 11.6. The van der Waals surface area contributed by atoms with Gasteiger partial charge in [0.05, 0.1) is 11.3 Å². The molecule has 2 saturated carbocycles. The van der Waals surface area contributed by atoms with Crippen LogP contribution in [0.2, 0.25) is 0 Å². The molecule has 0 radical (unpaired) electrons. The zero-order valence-corrected chi connectivity index (χ0v) is 35.5. The van der Waals surface area contributed by atoms with Crippen LogP contribution in [0.15, 0.2) is 150 Å². The Balaban J connectivity index is 0.916. The molecule has 0 N–H and O–H groups in total. The molecule has 0 amide bonds. The first kappa shape index (κ1) is 35.3. The number of fused-ring (bicyclic) bond motifs is 16. The van der Waals surface area contributed by atoms with E-state index in [1.165, 1.54) is 108 Å².